The van der Waals surface area contributed by atoms with Crippen LogP contribution in [-0.4, -0.2) is 11.6 Å². The van der Waals surface area contributed by atoms with Crippen molar-refractivity contribution in [1.82, 2.24) is 0 Å². The molecule has 0 bridgehead atoms. The third-order valence-corrected chi connectivity index (χ3v) is 6.08. The van der Waals surface area contributed by atoms with Crippen molar-refractivity contribution in [3.63, 3.8) is 0 Å². The molecule has 0 saturated heterocycles. The van der Waals surface area contributed by atoms with Crippen LogP contribution in [0.15, 0.2) is 23.3 Å². The van der Waals surface area contributed by atoms with Gasteiger partial charge in [0.1, 0.15) is 11.9 Å². The van der Waals surface area contributed by atoms with Crippen LogP contribution in [0.2, 0.25) is 0 Å². The molecule has 0 aromatic heterocycles. The van der Waals surface area contributed by atoms with Crippen LogP contribution in [0.25, 0.3) is 0 Å². The van der Waals surface area contributed by atoms with Gasteiger partial charge in [-0.05, 0) is 48.3 Å². The molecule has 0 amide bonds. The van der Waals surface area contributed by atoms with Crippen LogP contribution in [0.4, 0.5) is 0 Å². The number of carbonyl (C=O) groups excluding carboxylic acids is 2. The van der Waals surface area contributed by atoms with Crippen molar-refractivity contribution >= 4 is 11.6 Å². The number of ketones is 2. The molecule has 3 aliphatic carbocycles. The molecule has 22 heavy (non-hydrogen) atoms. The molecule has 3 aliphatic rings. The van der Waals surface area contributed by atoms with Crippen molar-refractivity contribution in [2.75, 3.05) is 0 Å². The Balaban J connectivity index is 2.15. The zero-order valence-corrected chi connectivity index (χ0v) is 13.0. The van der Waals surface area contributed by atoms with E-state index in [2.05, 4.69) is 12.8 Å². The fraction of sp³-hybridized carbons (Fsp3) is 0.526. The minimum absolute atomic E-state index is 0.00636. The van der Waals surface area contributed by atoms with Gasteiger partial charge in [-0.1, -0.05) is 19.8 Å². The Labute approximate surface area is 131 Å². The van der Waals surface area contributed by atoms with Crippen molar-refractivity contribution in [3.05, 3.63) is 23.3 Å². The Morgan fingerprint density at radius 3 is 2.73 bits per heavy atom. The van der Waals surface area contributed by atoms with Crippen molar-refractivity contribution in [3.8, 4) is 18.4 Å². The Morgan fingerprint density at radius 2 is 2.09 bits per heavy atom. The molecule has 4 unspecified atom stereocenters. The minimum atomic E-state index is -0.635. The second kappa shape index (κ2) is 4.68. The topological polar surface area (TPSA) is 57.9 Å². The molecule has 0 aromatic carbocycles. The summed E-state index contributed by atoms with van der Waals surface area (Å²) >= 11 is 0. The van der Waals surface area contributed by atoms with Gasteiger partial charge in [-0.15, -0.1) is 6.42 Å². The van der Waals surface area contributed by atoms with E-state index in [1.54, 1.807) is 12.2 Å². The zero-order valence-electron chi connectivity index (χ0n) is 13.0. The lowest BCUT2D eigenvalue weighted by Crippen LogP contribution is -2.50. The highest BCUT2D eigenvalue weighted by molar-refractivity contribution is 6.09. The Bertz CT molecular complexity index is 715. The van der Waals surface area contributed by atoms with Crippen molar-refractivity contribution < 1.29 is 9.59 Å². The first kappa shape index (κ1) is 14.8. The highest BCUT2D eigenvalue weighted by atomic mass is 16.1. The molecule has 0 aliphatic heterocycles. The molecule has 0 N–H and O–H groups in total. The van der Waals surface area contributed by atoms with Crippen LogP contribution < -0.4 is 0 Å². The first-order valence-corrected chi connectivity index (χ1v) is 7.78. The third-order valence-electron chi connectivity index (χ3n) is 6.08. The average molecular weight is 293 g/mol. The predicted molar refractivity (Wildman–Crippen MR) is 82.3 cm³/mol. The van der Waals surface area contributed by atoms with Gasteiger partial charge in [0, 0.05) is 12.3 Å². The van der Waals surface area contributed by atoms with E-state index < -0.39 is 5.41 Å². The lowest BCUT2D eigenvalue weighted by molar-refractivity contribution is -0.131. The summed E-state index contributed by atoms with van der Waals surface area (Å²) in [5, 5.41) is 9.15. The molecule has 0 spiro atoms. The number of nitrogens with zero attached hydrogens (tertiary/aromatic N) is 1. The molecular weight excluding hydrogens is 274 g/mol. The fourth-order valence-corrected chi connectivity index (χ4v) is 4.75. The Hall–Kier alpha value is -2.13. The molecule has 0 aromatic rings. The molecule has 2 saturated carbocycles. The van der Waals surface area contributed by atoms with Crippen LogP contribution in [0.5, 0.6) is 0 Å². The third kappa shape index (κ3) is 1.75. The largest absolute Gasteiger partial charge is 0.299 e. The van der Waals surface area contributed by atoms with E-state index >= 15 is 0 Å². The van der Waals surface area contributed by atoms with Crippen LogP contribution in [0.3, 0.4) is 0 Å². The van der Waals surface area contributed by atoms with Crippen LogP contribution in [0.1, 0.15) is 39.5 Å². The van der Waals surface area contributed by atoms with Crippen molar-refractivity contribution in [2.45, 2.75) is 39.5 Å². The van der Waals surface area contributed by atoms with Gasteiger partial charge in [0.15, 0.2) is 5.78 Å². The van der Waals surface area contributed by atoms with E-state index in [1.807, 2.05) is 13.0 Å². The SMILES string of the molecule is C#CC12C=C(C#N)C(=O)C=C1C1(C)CCC(=O)C(C)C1CC2. The number of Topliss-reactive ketones (excluding diaryl/α,β-unsaturated/α-hetero) is 1. The molecule has 0 heterocycles. The summed E-state index contributed by atoms with van der Waals surface area (Å²) in [4.78, 5) is 24.3. The summed E-state index contributed by atoms with van der Waals surface area (Å²) in [5.74, 6) is 3.15. The number of fused-ring (bicyclic) bond motifs is 3. The standard InChI is InChI=1S/C19H19NO2/c1-4-19-8-5-14-12(2)15(21)6-7-18(14,3)17(19)9-16(22)13(10-19)11-20/h1,9-10,12,14H,5-8H2,2-3H3. The Kier molecular flexibility index (Phi) is 3.15. The van der Waals surface area contributed by atoms with Gasteiger partial charge < -0.3 is 0 Å². The van der Waals surface area contributed by atoms with Gasteiger partial charge >= 0.3 is 0 Å². The Morgan fingerprint density at radius 1 is 1.36 bits per heavy atom. The molecule has 3 rings (SSSR count). The van der Waals surface area contributed by atoms with Crippen molar-refractivity contribution in [2.24, 2.45) is 22.7 Å². The van der Waals surface area contributed by atoms with Gasteiger partial charge in [0.2, 0.25) is 0 Å². The zero-order chi connectivity index (χ0) is 16.1. The normalized spacial score (nSPS) is 40.5. The first-order valence-electron chi connectivity index (χ1n) is 7.78. The molecule has 0 radical (unpaired) electrons. The quantitative estimate of drug-likeness (QED) is 0.645. The van der Waals surface area contributed by atoms with Crippen molar-refractivity contribution in [1.29, 1.82) is 5.26 Å². The minimum Gasteiger partial charge on any atom is -0.299 e. The van der Waals surface area contributed by atoms with Gasteiger partial charge in [-0.2, -0.15) is 5.26 Å². The van der Waals surface area contributed by atoms with E-state index in [1.165, 1.54) is 0 Å². The number of carbonyl (C=O) groups is 2. The number of allylic oxidation sites excluding steroid dienone is 4. The van der Waals surface area contributed by atoms with Crippen LogP contribution in [0, 0.1) is 46.3 Å². The van der Waals surface area contributed by atoms with Crippen LogP contribution in [-0.2, 0) is 9.59 Å². The fourth-order valence-electron chi connectivity index (χ4n) is 4.75. The lowest BCUT2D eigenvalue weighted by atomic mass is 9.47. The number of nitriles is 1. The van der Waals surface area contributed by atoms with E-state index in [9.17, 15) is 9.59 Å². The average Bonchev–Trinajstić information content (AvgIpc) is 2.52. The maximum atomic E-state index is 12.2. The monoisotopic (exact) mass is 293 g/mol. The summed E-state index contributed by atoms with van der Waals surface area (Å²) < 4.78 is 0. The summed E-state index contributed by atoms with van der Waals surface area (Å²) in [5.41, 5.74) is 0.223. The summed E-state index contributed by atoms with van der Waals surface area (Å²) in [6, 6.07) is 1.96. The van der Waals surface area contributed by atoms with Gasteiger partial charge in [-0.3, -0.25) is 9.59 Å². The number of terminal acetylenes is 1. The molecule has 3 nitrogen and oxygen atoms in total. The lowest BCUT2D eigenvalue weighted by Gasteiger charge is -2.55. The molecule has 4 atom stereocenters. The van der Waals surface area contributed by atoms with E-state index in [0.29, 0.717) is 18.6 Å². The summed E-state index contributed by atoms with van der Waals surface area (Å²) in [7, 11) is 0. The van der Waals surface area contributed by atoms with Gasteiger partial charge in [0.25, 0.3) is 0 Å². The van der Waals surface area contributed by atoms with Gasteiger partial charge in [0.05, 0.1) is 11.0 Å². The predicted octanol–water partition coefficient (Wildman–Crippen LogP) is 2.98. The molecule has 2 fully saturated rings. The maximum Gasteiger partial charge on any atom is 0.196 e. The van der Waals surface area contributed by atoms with Crippen LogP contribution >= 0.6 is 0 Å². The highest BCUT2D eigenvalue weighted by Gasteiger charge is 2.55. The summed E-state index contributed by atoms with van der Waals surface area (Å²) in [6.45, 7) is 4.13. The highest BCUT2D eigenvalue weighted by Crippen LogP contribution is 2.61. The van der Waals surface area contributed by atoms with Gasteiger partial charge in [-0.25, -0.2) is 0 Å². The molecule has 112 valence electrons. The smallest absolute Gasteiger partial charge is 0.196 e. The first-order chi connectivity index (χ1) is 10.4. The second-order valence-corrected chi connectivity index (χ2v) is 7.03. The summed E-state index contributed by atoms with van der Waals surface area (Å²) in [6.07, 6.45) is 11.9. The number of hydrogen-bond donors (Lipinski definition) is 0. The van der Waals surface area contributed by atoms with E-state index in [4.69, 9.17) is 11.7 Å². The molecule has 3 heteroatoms. The van der Waals surface area contributed by atoms with E-state index in [0.717, 1.165) is 18.4 Å². The van der Waals surface area contributed by atoms with E-state index in [-0.39, 0.29) is 28.6 Å². The second-order valence-electron chi connectivity index (χ2n) is 7.03. The maximum absolute atomic E-state index is 12.2. The number of hydrogen-bond acceptors (Lipinski definition) is 3. The number of rotatable bonds is 0. The molecular formula is C19H19NO2.